The minimum Gasteiger partial charge on any atom is -0.468 e. The molecule has 3 atom stereocenters. The Bertz CT molecular complexity index is 724. The van der Waals surface area contributed by atoms with Gasteiger partial charge in [0.2, 0.25) is 5.91 Å². The fourth-order valence-corrected chi connectivity index (χ4v) is 3.18. The second kappa shape index (κ2) is 7.83. The highest BCUT2D eigenvalue weighted by Crippen LogP contribution is 2.39. The van der Waals surface area contributed by atoms with Gasteiger partial charge in [-0.05, 0) is 44.4 Å². The molecular weight excluding hydrogens is 334 g/mol. The molecule has 1 fully saturated rings. The zero-order valence-corrected chi connectivity index (χ0v) is 15.6. The molecule has 2 rings (SSSR count). The van der Waals surface area contributed by atoms with E-state index in [0.29, 0.717) is 12.8 Å². The van der Waals surface area contributed by atoms with Crippen molar-refractivity contribution in [2.45, 2.75) is 45.8 Å². The van der Waals surface area contributed by atoms with Gasteiger partial charge >= 0.3 is 5.97 Å². The number of carbonyl (C=O) groups excluding carboxylic acids is 3. The van der Waals surface area contributed by atoms with Crippen molar-refractivity contribution in [3.05, 3.63) is 42.0 Å². The molecule has 1 N–H and O–H groups in total. The van der Waals surface area contributed by atoms with Gasteiger partial charge < -0.3 is 14.8 Å². The number of nitrogens with one attached hydrogen (secondary N) is 1. The molecule has 1 amide bonds. The number of ether oxygens (including phenoxy) is 2. The van der Waals surface area contributed by atoms with Crippen LogP contribution < -0.4 is 5.32 Å². The first-order valence-electron chi connectivity index (χ1n) is 8.54. The highest BCUT2D eigenvalue weighted by molar-refractivity contribution is 6.13. The number of aryl methyl sites for hydroxylation is 1. The highest BCUT2D eigenvalue weighted by Gasteiger charge is 2.54. The summed E-state index contributed by atoms with van der Waals surface area (Å²) in [5.74, 6) is -1.06. The summed E-state index contributed by atoms with van der Waals surface area (Å²) < 4.78 is 10.8. The Morgan fingerprint density at radius 3 is 2.46 bits per heavy atom. The second-order valence-electron chi connectivity index (χ2n) is 6.73. The molecule has 0 aromatic heterocycles. The normalized spacial score (nSPS) is 25.7. The summed E-state index contributed by atoms with van der Waals surface area (Å²) in [6.07, 6.45) is 0.0590. The van der Waals surface area contributed by atoms with Gasteiger partial charge in [0.15, 0.2) is 11.2 Å². The van der Waals surface area contributed by atoms with Crippen LogP contribution in [0.5, 0.6) is 0 Å². The monoisotopic (exact) mass is 359 g/mol. The van der Waals surface area contributed by atoms with Crippen LogP contribution in [0.25, 0.3) is 0 Å². The summed E-state index contributed by atoms with van der Waals surface area (Å²) in [5.41, 5.74) is 0.622. The number of esters is 1. The van der Waals surface area contributed by atoms with Gasteiger partial charge in [-0.25, -0.2) is 0 Å². The third-order valence-corrected chi connectivity index (χ3v) is 4.85. The lowest BCUT2D eigenvalue weighted by atomic mass is 9.72. The number of hydrogen-bond acceptors (Lipinski definition) is 5. The molecule has 1 aliphatic heterocycles. The third-order valence-electron chi connectivity index (χ3n) is 4.85. The van der Waals surface area contributed by atoms with Crippen LogP contribution in [0.3, 0.4) is 0 Å². The standard InChI is InChI=1S/C20H25NO5/c1-12-13(2)26-17(20(4,18(12)23)19(24)25-5)11-8-15-6-9-16(10-7-15)21-14(3)22/h6-7,9-10,13,17H,1,8,11H2,2-5H3,(H,21,22)/t13-,17+,20-/m1/s1. The van der Waals surface area contributed by atoms with Crippen LogP contribution in [0, 0.1) is 5.41 Å². The molecule has 1 saturated heterocycles. The summed E-state index contributed by atoms with van der Waals surface area (Å²) >= 11 is 0. The van der Waals surface area contributed by atoms with E-state index in [1.807, 2.05) is 24.3 Å². The first-order valence-corrected chi connectivity index (χ1v) is 8.54. The van der Waals surface area contributed by atoms with Crippen molar-refractivity contribution >= 4 is 23.3 Å². The zero-order chi connectivity index (χ0) is 19.5. The van der Waals surface area contributed by atoms with Crippen LogP contribution in [0.15, 0.2) is 36.4 Å². The topological polar surface area (TPSA) is 81.7 Å². The maximum absolute atomic E-state index is 12.7. The Hall–Kier alpha value is -2.47. The number of carbonyl (C=O) groups is 3. The molecule has 1 aliphatic rings. The van der Waals surface area contributed by atoms with Crippen LogP contribution in [-0.4, -0.2) is 37.0 Å². The summed E-state index contributed by atoms with van der Waals surface area (Å²) in [5, 5.41) is 2.71. The van der Waals surface area contributed by atoms with Crippen molar-refractivity contribution in [2.24, 2.45) is 5.41 Å². The molecule has 6 nitrogen and oxygen atoms in total. The van der Waals surface area contributed by atoms with E-state index >= 15 is 0 Å². The van der Waals surface area contributed by atoms with Crippen molar-refractivity contribution in [2.75, 3.05) is 12.4 Å². The van der Waals surface area contributed by atoms with Crippen LogP contribution in [0.4, 0.5) is 5.69 Å². The zero-order valence-electron chi connectivity index (χ0n) is 15.6. The van der Waals surface area contributed by atoms with Crippen molar-refractivity contribution in [1.82, 2.24) is 0 Å². The minimum absolute atomic E-state index is 0.130. The van der Waals surface area contributed by atoms with Crippen molar-refractivity contribution < 1.29 is 23.9 Å². The average Bonchev–Trinajstić information content (AvgIpc) is 2.61. The van der Waals surface area contributed by atoms with E-state index in [2.05, 4.69) is 11.9 Å². The Kier molecular flexibility index (Phi) is 5.97. The lowest BCUT2D eigenvalue weighted by Crippen LogP contribution is -2.55. The molecule has 0 bridgehead atoms. The molecule has 140 valence electrons. The van der Waals surface area contributed by atoms with Crippen LogP contribution in [-0.2, 0) is 30.3 Å². The summed E-state index contributed by atoms with van der Waals surface area (Å²) in [7, 11) is 1.26. The van der Waals surface area contributed by atoms with Gasteiger partial charge in [0.1, 0.15) is 0 Å². The molecule has 0 radical (unpaired) electrons. The fraction of sp³-hybridized carbons (Fsp3) is 0.450. The molecular formula is C20H25NO5. The van der Waals surface area contributed by atoms with Gasteiger partial charge in [0.25, 0.3) is 0 Å². The number of Topliss-reactive ketones (excluding diaryl/α,β-unsaturated/α-hetero) is 1. The van der Waals surface area contributed by atoms with E-state index in [1.54, 1.807) is 13.8 Å². The number of ketones is 1. The predicted octanol–water partition coefficient (Wildman–Crippen LogP) is 2.67. The number of anilines is 1. The van der Waals surface area contributed by atoms with Gasteiger partial charge in [-0.2, -0.15) is 0 Å². The summed E-state index contributed by atoms with van der Waals surface area (Å²) in [6, 6.07) is 7.42. The Morgan fingerprint density at radius 2 is 1.92 bits per heavy atom. The maximum Gasteiger partial charge on any atom is 0.322 e. The van der Waals surface area contributed by atoms with Crippen molar-refractivity contribution in [3.8, 4) is 0 Å². The third kappa shape index (κ3) is 3.85. The first-order chi connectivity index (χ1) is 12.2. The molecule has 1 aromatic rings. The van der Waals surface area contributed by atoms with E-state index < -0.39 is 23.6 Å². The molecule has 0 aliphatic carbocycles. The van der Waals surface area contributed by atoms with Crippen LogP contribution >= 0.6 is 0 Å². The van der Waals surface area contributed by atoms with Crippen LogP contribution in [0.1, 0.15) is 32.8 Å². The van der Waals surface area contributed by atoms with Gasteiger partial charge in [-0.15, -0.1) is 0 Å². The fourth-order valence-electron chi connectivity index (χ4n) is 3.18. The van der Waals surface area contributed by atoms with Crippen molar-refractivity contribution in [3.63, 3.8) is 0 Å². The number of rotatable bonds is 5. The molecule has 0 spiro atoms. The first kappa shape index (κ1) is 19.8. The second-order valence-corrected chi connectivity index (χ2v) is 6.73. The largest absolute Gasteiger partial charge is 0.468 e. The number of methoxy groups -OCH3 is 1. The quantitative estimate of drug-likeness (QED) is 0.497. The minimum atomic E-state index is -1.39. The number of hydrogen-bond donors (Lipinski definition) is 1. The molecule has 1 heterocycles. The number of amides is 1. The van der Waals surface area contributed by atoms with Gasteiger partial charge in [-0.1, -0.05) is 18.7 Å². The highest BCUT2D eigenvalue weighted by atomic mass is 16.5. The summed E-state index contributed by atoms with van der Waals surface area (Å²) in [4.78, 5) is 36.1. The van der Waals surface area contributed by atoms with Crippen molar-refractivity contribution in [1.29, 1.82) is 0 Å². The van der Waals surface area contributed by atoms with Gasteiger partial charge in [0, 0.05) is 18.2 Å². The molecule has 0 unspecified atom stereocenters. The number of benzene rings is 1. The SMILES string of the molecule is C=C1C(=O)[C@](C)(C(=O)OC)[C@H](CCc2ccc(NC(C)=O)cc2)O[C@@H]1C. The van der Waals surface area contributed by atoms with E-state index in [-0.39, 0.29) is 17.3 Å². The Labute approximate surface area is 153 Å². The molecule has 26 heavy (non-hydrogen) atoms. The maximum atomic E-state index is 12.7. The molecule has 1 aromatic carbocycles. The predicted molar refractivity (Wildman–Crippen MR) is 97.7 cm³/mol. The molecule has 6 heteroatoms. The van der Waals surface area contributed by atoms with Crippen LogP contribution in [0.2, 0.25) is 0 Å². The Morgan fingerprint density at radius 1 is 1.31 bits per heavy atom. The molecule has 0 saturated carbocycles. The van der Waals surface area contributed by atoms with E-state index in [9.17, 15) is 14.4 Å². The lowest BCUT2D eigenvalue weighted by Gasteiger charge is -2.41. The van der Waals surface area contributed by atoms with E-state index in [1.165, 1.54) is 14.0 Å². The smallest absolute Gasteiger partial charge is 0.322 e. The van der Waals surface area contributed by atoms with E-state index in [4.69, 9.17) is 9.47 Å². The van der Waals surface area contributed by atoms with Gasteiger partial charge in [-0.3, -0.25) is 14.4 Å². The average molecular weight is 359 g/mol. The Balaban J connectivity index is 2.15. The van der Waals surface area contributed by atoms with Gasteiger partial charge in [0.05, 0.1) is 19.3 Å². The summed E-state index contributed by atoms with van der Waals surface area (Å²) in [6.45, 7) is 8.52. The van der Waals surface area contributed by atoms with E-state index in [0.717, 1.165) is 11.3 Å². The lowest BCUT2D eigenvalue weighted by molar-refractivity contribution is -0.175.